The van der Waals surface area contributed by atoms with Crippen molar-refractivity contribution in [3.05, 3.63) is 76.2 Å². The first kappa shape index (κ1) is 22.9. The van der Waals surface area contributed by atoms with Gasteiger partial charge < -0.3 is 14.8 Å². The number of nitrogens with zero attached hydrogens (tertiary/aromatic N) is 5. The number of H-pyrrole nitrogens is 1. The molecule has 1 amide bonds. The Balaban J connectivity index is 1.37. The predicted octanol–water partition coefficient (Wildman–Crippen LogP) is 3.22. The van der Waals surface area contributed by atoms with Crippen molar-refractivity contribution < 1.29 is 13.6 Å². The number of pyridine rings is 1. The van der Waals surface area contributed by atoms with E-state index < -0.39 is 17.2 Å². The number of likely N-dealkylation sites (N-methyl/N-ethyl adjacent to an activating group) is 1. The molecule has 3 heterocycles. The van der Waals surface area contributed by atoms with Gasteiger partial charge in [-0.05, 0) is 63.3 Å². The molecule has 8 nitrogen and oxygen atoms in total. The molecular formula is C25H24F2N6O2. The minimum Gasteiger partial charge on any atom is -0.337 e. The quantitative estimate of drug-likeness (QED) is 0.487. The Labute approximate surface area is 199 Å². The molecule has 4 aromatic rings. The number of fused-ring (bicyclic) bond motifs is 1. The van der Waals surface area contributed by atoms with Crippen LogP contribution in [-0.2, 0) is 0 Å². The SMILES string of the molecule is CN(C)[C@@H]1CCCN(C(=O)c2ccc(-n3cc(-c4cc5cc(F)c(F)cc5[nH]c4=O)nn3)cc2)C1. The molecule has 35 heavy (non-hydrogen) atoms. The number of aromatic amines is 1. The van der Waals surface area contributed by atoms with Crippen LogP contribution in [0.4, 0.5) is 8.78 Å². The van der Waals surface area contributed by atoms with Crippen LogP contribution in [0.5, 0.6) is 0 Å². The Hall–Kier alpha value is -3.92. The summed E-state index contributed by atoms with van der Waals surface area (Å²) in [6, 6.07) is 10.8. The summed E-state index contributed by atoms with van der Waals surface area (Å²) in [5.74, 6) is -2.05. The normalized spacial score (nSPS) is 16.3. The zero-order valence-corrected chi connectivity index (χ0v) is 19.3. The van der Waals surface area contributed by atoms with Crippen molar-refractivity contribution in [1.29, 1.82) is 0 Å². The first-order chi connectivity index (χ1) is 16.8. The highest BCUT2D eigenvalue weighted by Crippen LogP contribution is 2.22. The van der Waals surface area contributed by atoms with E-state index in [1.807, 2.05) is 19.0 Å². The number of amides is 1. The third-order valence-electron chi connectivity index (χ3n) is 6.45. The average Bonchev–Trinajstić information content (AvgIpc) is 3.34. The van der Waals surface area contributed by atoms with Crippen molar-refractivity contribution in [3.8, 4) is 16.9 Å². The summed E-state index contributed by atoms with van der Waals surface area (Å²) in [6.07, 6.45) is 3.62. The van der Waals surface area contributed by atoms with Gasteiger partial charge in [0.2, 0.25) is 0 Å². The van der Waals surface area contributed by atoms with Crippen molar-refractivity contribution in [1.82, 2.24) is 29.8 Å². The second-order valence-corrected chi connectivity index (χ2v) is 8.97. The molecule has 5 rings (SSSR count). The minimum atomic E-state index is -1.04. The Morgan fingerprint density at radius 1 is 1.11 bits per heavy atom. The second-order valence-electron chi connectivity index (χ2n) is 8.97. The lowest BCUT2D eigenvalue weighted by Gasteiger charge is -2.36. The van der Waals surface area contributed by atoms with Crippen LogP contribution >= 0.6 is 0 Å². The van der Waals surface area contributed by atoms with E-state index in [2.05, 4.69) is 20.2 Å². The van der Waals surface area contributed by atoms with Crippen molar-refractivity contribution in [2.75, 3.05) is 27.2 Å². The minimum absolute atomic E-state index is 0.00579. The van der Waals surface area contributed by atoms with Crippen molar-refractivity contribution in [3.63, 3.8) is 0 Å². The van der Waals surface area contributed by atoms with Gasteiger partial charge in [0.25, 0.3) is 11.5 Å². The number of likely N-dealkylation sites (tertiary alicyclic amines) is 1. The van der Waals surface area contributed by atoms with Crippen LogP contribution in [0.15, 0.2) is 53.5 Å². The summed E-state index contributed by atoms with van der Waals surface area (Å²) in [7, 11) is 4.06. The number of carbonyl (C=O) groups is 1. The largest absolute Gasteiger partial charge is 0.337 e. The highest BCUT2D eigenvalue weighted by molar-refractivity contribution is 5.94. The average molecular weight is 479 g/mol. The molecule has 1 fully saturated rings. The van der Waals surface area contributed by atoms with Crippen molar-refractivity contribution in [2.24, 2.45) is 0 Å². The number of benzene rings is 2. The molecule has 0 radical (unpaired) electrons. The molecule has 0 unspecified atom stereocenters. The fraction of sp³-hybridized carbons (Fsp3) is 0.280. The molecular weight excluding hydrogens is 454 g/mol. The maximum absolute atomic E-state index is 13.6. The van der Waals surface area contributed by atoms with Gasteiger partial charge in [-0.15, -0.1) is 5.10 Å². The number of nitrogens with one attached hydrogen (secondary N) is 1. The Bertz CT molecular complexity index is 1460. The van der Waals surface area contributed by atoms with E-state index in [1.54, 1.807) is 30.5 Å². The fourth-order valence-electron chi connectivity index (χ4n) is 4.40. The molecule has 1 atom stereocenters. The Morgan fingerprint density at radius 2 is 1.86 bits per heavy atom. The molecule has 2 aromatic carbocycles. The molecule has 1 aliphatic rings. The highest BCUT2D eigenvalue weighted by atomic mass is 19.2. The number of piperidine rings is 1. The summed E-state index contributed by atoms with van der Waals surface area (Å²) in [4.78, 5) is 32.1. The van der Waals surface area contributed by atoms with Crippen LogP contribution in [0.3, 0.4) is 0 Å². The second kappa shape index (κ2) is 9.03. The number of halogens is 2. The van der Waals surface area contributed by atoms with Crippen LogP contribution in [0, 0.1) is 11.6 Å². The molecule has 0 bridgehead atoms. The first-order valence-electron chi connectivity index (χ1n) is 11.3. The lowest BCUT2D eigenvalue weighted by atomic mass is 10.0. The van der Waals surface area contributed by atoms with Crippen LogP contribution in [0.2, 0.25) is 0 Å². The highest BCUT2D eigenvalue weighted by Gasteiger charge is 2.25. The van der Waals surface area contributed by atoms with Gasteiger partial charge in [0.15, 0.2) is 11.6 Å². The summed E-state index contributed by atoms with van der Waals surface area (Å²) in [5, 5.41) is 8.50. The van der Waals surface area contributed by atoms with Gasteiger partial charge in [-0.25, -0.2) is 13.5 Å². The first-order valence-corrected chi connectivity index (χ1v) is 11.3. The van der Waals surface area contributed by atoms with E-state index >= 15 is 0 Å². The van der Waals surface area contributed by atoms with Gasteiger partial charge in [-0.1, -0.05) is 5.21 Å². The third kappa shape index (κ3) is 4.44. The van der Waals surface area contributed by atoms with Gasteiger partial charge in [0, 0.05) is 36.1 Å². The molecule has 1 aliphatic heterocycles. The van der Waals surface area contributed by atoms with E-state index in [0.717, 1.165) is 31.5 Å². The molecule has 0 aliphatic carbocycles. The molecule has 180 valence electrons. The van der Waals surface area contributed by atoms with Crippen LogP contribution in [0.1, 0.15) is 23.2 Å². The lowest BCUT2D eigenvalue weighted by molar-refractivity contribution is 0.0635. The summed E-state index contributed by atoms with van der Waals surface area (Å²) in [6.45, 7) is 1.45. The van der Waals surface area contributed by atoms with Gasteiger partial charge >= 0.3 is 0 Å². The van der Waals surface area contributed by atoms with Crippen LogP contribution < -0.4 is 5.56 Å². The smallest absolute Gasteiger partial charge is 0.258 e. The third-order valence-corrected chi connectivity index (χ3v) is 6.45. The monoisotopic (exact) mass is 478 g/mol. The van der Waals surface area contributed by atoms with Gasteiger partial charge in [-0.3, -0.25) is 9.59 Å². The fourth-order valence-corrected chi connectivity index (χ4v) is 4.40. The predicted molar refractivity (Wildman–Crippen MR) is 127 cm³/mol. The number of carbonyl (C=O) groups excluding carboxylic acids is 1. The number of hydrogen-bond donors (Lipinski definition) is 1. The van der Waals surface area contributed by atoms with E-state index in [9.17, 15) is 18.4 Å². The van der Waals surface area contributed by atoms with E-state index in [0.29, 0.717) is 29.2 Å². The summed E-state index contributed by atoms with van der Waals surface area (Å²) in [5.41, 5.74) is 1.41. The Kier molecular flexibility index (Phi) is 5.89. The topological polar surface area (TPSA) is 87.1 Å². The number of aromatic nitrogens is 4. The summed E-state index contributed by atoms with van der Waals surface area (Å²) < 4.78 is 28.6. The van der Waals surface area contributed by atoms with Crippen LogP contribution in [-0.4, -0.2) is 68.9 Å². The molecule has 10 heteroatoms. The lowest BCUT2D eigenvalue weighted by Crippen LogP contribution is -2.47. The van der Waals surface area contributed by atoms with E-state index in [4.69, 9.17) is 0 Å². The molecule has 1 N–H and O–H groups in total. The van der Waals surface area contributed by atoms with E-state index in [-0.39, 0.29) is 22.7 Å². The van der Waals surface area contributed by atoms with Crippen molar-refractivity contribution >= 4 is 16.8 Å². The standard InChI is InChI=1S/C25H24F2N6O2/c1-31(2)18-4-3-9-32(13-18)25(35)15-5-7-17(8-6-15)33-14-23(29-30-33)19-10-16-11-20(26)21(27)12-22(16)28-24(19)34/h5-8,10-12,14,18H,3-4,9,13H2,1-2H3,(H,28,34)/t18-/m1/s1. The number of hydrogen-bond acceptors (Lipinski definition) is 5. The molecule has 0 saturated carbocycles. The Morgan fingerprint density at radius 3 is 2.60 bits per heavy atom. The van der Waals surface area contributed by atoms with Crippen molar-refractivity contribution in [2.45, 2.75) is 18.9 Å². The van der Waals surface area contributed by atoms with Crippen LogP contribution in [0.25, 0.3) is 27.8 Å². The van der Waals surface area contributed by atoms with Gasteiger partial charge in [0.05, 0.1) is 23.0 Å². The maximum atomic E-state index is 13.6. The molecule has 0 spiro atoms. The summed E-state index contributed by atoms with van der Waals surface area (Å²) >= 11 is 0. The zero-order chi connectivity index (χ0) is 24.7. The maximum Gasteiger partial charge on any atom is 0.258 e. The van der Waals surface area contributed by atoms with Gasteiger partial charge in [-0.2, -0.15) is 0 Å². The van der Waals surface area contributed by atoms with E-state index in [1.165, 1.54) is 10.7 Å². The zero-order valence-electron chi connectivity index (χ0n) is 19.3. The number of rotatable bonds is 4. The molecule has 1 saturated heterocycles. The van der Waals surface area contributed by atoms with Gasteiger partial charge in [0.1, 0.15) is 5.69 Å². The molecule has 2 aromatic heterocycles.